The molecule has 3 nitrogen and oxygen atoms in total. The van der Waals surface area contributed by atoms with Gasteiger partial charge in [0.1, 0.15) is 0 Å². The lowest BCUT2D eigenvalue weighted by Crippen LogP contribution is -2.15. The molecule has 0 aromatic heterocycles. The second-order valence-corrected chi connectivity index (χ2v) is 3.44. The molecular formula is C11H13F2NO2. The van der Waals surface area contributed by atoms with Crippen molar-refractivity contribution in [2.75, 3.05) is 11.9 Å². The number of hydrogen-bond donors (Lipinski definition) is 2. The fourth-order valence-corrected chi connectivity index (χ4v) is 1.29. The minimum absolute atomic E-state index is 0.171. The topological polar surface area (TPSA) is 49.3 Å². The molecule has 0 saturated carbocycles. The molecule has 1 rings (SSSR count). The number of amides is 1. The highest BCUT2D eigenvalue weighted by Gasteiger charge is 2.30. The summed E-state index contributed by atoms with van der Waals surface area (Å²) in [4.78, 5) is 10.7. The van der Waals surface area contributed by atoms with Crippen molar-refractivity contribution in [3.8, 4) is 0 Å². The maximum absolute atomic E-state index is 13.3. The number of halogens is 2. The van der Waals surface area contributed by atoms with Gasteiger partial charge in [0.25, 0.3) is 5.92 Å². The maximum Gasteiger partial charge on any atom is 0.275 e. The molecule has 0 radical (unpaired) electrons. The Morgan fingerprint density at radius 2 is 1.94 bits per heavy atom. The molecule has 5 heteroatoms. The van der Waals surface area contributed by atoms with E-state index in [9.17, 15) is 13.6 Å². The zero-order valence-electron chi connectivity index (χ0n) is 8.84. The lowest BCUT2D eigenvalue weighted by atomic mass is 10.1. The molecule has 1 aromatic rings. The molecular weight excluding hydrogens is 216 g/mol. The van der Waals surface area contributed by atoms with E-state index >= 15 is 0 Å². The summed E-state index contributed by atoms with van der Waals surface area (Å²) in [5, 5.41) is 11.0. The SMILES string of the molecule is CC(=O)Nc1ccc(C(F)(F)CCO)cc1. The Morgan fingerprint density at radius 1 is 1.38 bits per heavy atom. The molecule has 1 aromatic carbocycles. The highest BCUT2D eigenvalue weighted by atomic mass is 19.3. The highest BCUT2D eigenvalue weighted by molar-refractivity contribution is 5.88. The monoisotopic (exact) mass is 229 g/mol. The van der Waals surface area contributed by atoms with Gasteiger partial charge in [0.05, 0.1) is 0 Å². The maximum atomic E-state index is 13.3. The third-order valence-electron chi connectivity index (χ3n) is 2.05. The molecule has 0 heterocycles. The standard InChI is InChI=1S/C11H13F2NO2/c1-8(16)14-10-4-2-9(3-5-10)11(12,13)6-7-15/h2-5,15H,6-7H2,1H3,(H,14,16). The third kappa shape index (κ3) is 3.27. The van der Waals surface area contributed by atoms with E-state index in [0.29, 0.717) is 5.69 Å². The van der Waals surface area contributed by atoms with Gasteiger partial charge in [-0.1, -0.05) is 12.1 Å². The van der Waals surface area contributed by atoms with Crippen molar-refractivity contribution in [2.45, 2.75) is 19.3 Å². The van der Waals surface area contributed by atoms with Crippen molar-refractivity contribution >= 4 is 11.6 Å². The fraction of sp³-hybridized carbons (Fsp3) is 0.364. The molecule has 0 aliphatic heterocycles. The van der Waals surface area contributed by atoms with E-state index in [1.165, 1.54) is 31.2 Å². The van der Waals surface area contributed by atoms with Gasteiger partial charge >= 0.3 is 0 Å². The zero-order valence-corrected chi connectivity index (χ0v) is 8.84. The third-order valence-corrected chi connectivity index (χ3v) is 2.05. The Bertz CT molecular complexity index is 363. The summed E-state index contributed by atoms with van der Waals surface area (Å²) >= 11 is 0. The number of anilines is 1. The predicted octanol–water partition coefficient (Wildman–Crippen LogP) is 2.12. The van der Waals surface area contributed by atoms with Crippen LogP contribution in [-0.4, -0.2) is 17.6 Å². The predicted molar refractivity (Wildman–Crippen MR) is 56.3 cm³/mol. The largest absolute Gasteiger partial charge is 0.396 e. The van der Waals surface area contributed by atoms with Crippen LogP contribution in [0.5, 0.6) is 0 Å². The number of aliphatic hydroxyl groups excluding tert-OH is 1. The number of carbonyl (C=O) groups excluding carboxylic acids is 1. The average Bonchev–Trinajstić information content (AvgIpc) is 2.17. The summed E-state index contributed by atoms with van der Waals surface area (Å²) < 4.78 is 26.6. The van der Waals surface area contributed by atoms with E-state index in [4.69, 9.17) is 5.11 Å². The lowest BCUT2D eigenvalue weighted by Gasteiger charge is -2.15. The van der Waals surface area contributed by atoms with Crippen LogP contribution in [0.2, 0.25) is 0 Å². The number of carbonyl (C=O) groups is 1. The van der Waals surface area contributed by atoms with Crippen LogP contribution in [0, 0.1) is 0 Å². The molecule has 16 heavy (non-hydrogen) atoms. The summed E-state index contributed by atoms with van der Waals surface area (Å²) in [6.07, 6.45) is -0.605. The second kappa shape index (κ2) is 5.03. The minimum atomic E-state index is -3.04. The van der Waals surface area contributed by atoms with E-state index in [-0.39, 0.29) is 11.5 Å². The van der Waals surface area contributed by atoms with Gasteiger partial charge in [0, 0.05) is 31.2 Å². The van der Waals surface area contributed by atoms with Crippen molar-refractivity contribution in [2.24, 2.45) is 0 Å². The van der Waals surface area contributed by atoms with Crippen LogP contribution in [0.4, 0.5) is 14.5 Å². The summed E-state index contributed by atoms with van der Waals surface area (Å²) in [5.41, 5.74) is 0.298. The van der Waals surface area contributed by atoms with Crippen LogP contribution >= 0.6 is 0 Å². The number of nitrogens with one attached hydrogen (secondary N) is 1. The first-order valence-electron chi connectivity index (χ1n) is 4.82. The molecule has 0 aliphatic carbocycles. The number of alkyl halides is 2. The molecule has 0 fully saturated rings. The van der Waals surface area contributed by atoms with E-state index < -0.39 is 19.0 Å². The van der Waals surface area contributed by atoms with Crippen molar-refractivity contribution in [3.63, 3.8) is 0 Å². The van der Waals surface area contributed by atoms with E-state index in [2.05, 4.69) is 5.32 Å². The lowest BCUT2D eigenvalue weighted by molar-refractivity contribution is -0.114. The summed E-state index contributed by atoms with van der Waals surface area (Å²) in [6, 6.07) is 5.28. The van der Waals surface area contributed by atoms with Gasteiger partial charge in [0.2, 0.25) is 5.91 Å². The van der Waals surface area contributed by atoms with Crippen LogP contribution < -0.4 is 5.32 Å². The number of aliphatic hydroxyl groups is 1. The zero-order chi connectivity index (χ0) is 12.2. The molecule has 0 aliphatic rings. The van der Waals surface area contributed by atoms with Crippen LogP contribution in [-0.2, 0) is 10.7 Å². The van der Waals surface area contributed by atoms with Crippen LogP contribution in [0.25, 0.3) is 0 Å². The number of hydrogen-bond acceptors (Lipinski definition) is 2. The molecule has 0 saturated heterocycles. The summed E-state index contributed by atoms with van der Waals surface area (Å²) in [7, 11) is 0. The van der Waals surface area contributed by atoms with E-state index in [0.717, 1.165) is 0 Å². The molecule has 0 bridgehead atoms. The smallest absolute Gasteiger partial charge is 0.275 e. The van der Waals surface area contributed by atoms with Gasteiger partial charge in [-0.05, 0) is 12.1 Å². The van der Waals surface area contributed by atoms with Gasteiger partial charge in [-0.15, -0.1) is 0 Å². The minimum Gasteiger partial charge on any atom is -0.396 e. The number of benzene rings is 1. The summed E-state index contributed by atoms with van der Waals surface area (Å²) in [6.45, 7) is 0.773. The number of rotatable bonds is 4. The molecule has 0 spiro atoms. The first kappa shape index (κ1) is 12.6. The van der Waals surface area contributed by atoms with Gasteiger partial charge in [0.15, 0.2) is 0 Å². The molecule has 0 unspecified atom stereocenters. The van der Waals surface area contributed by atoms with Crippen LogP contribution in [0.3, 0.4) is 0 Å². The van der Waals surface area contributed by atoms with Crippen molar-refractivity contribution in [1.82, 2.24) is 0 Å². The molecule has 2 N–H and O–H groups in total. The normalized spacial score (nSPS) is 11.2. The van der Waals surface area contributed by atoms with Crippen LogP contribution in [0.1, 0.15) is 18.9 Å². The molecule has 0 atom stereocenters. The van der Waals surface area contributed by atoms with Gasteiger partial charge in [-0.2, -0.15) is 0 Å². The second-order valence-electron chi connectivity index (χ2n) is 3.44. The first-order valence-corrected chi connectivity index (χ1v) is 4.82. The summed E-state index contributed by atoms with van der Waals surface area (Å²) in [5.74, 6) is -3.29. The Labute approximate surface area is 92.1 Å². The van der Waals surface area contributed by atoms with E-state index in [1.54, 1.807) is 0 Å². The Kier molecular flexibility index (Phi) is 3.95. The Hall–Kier alpha value is -1.49. The quantitative estimate of drug-likeness (QED) is 0.830. The van der Waals surface area contributed by atoms with Gasteiger partial charge < -0.3 is 10.4 Å². The van der Waals surface area contributed by atoms with Gasteiger partial charge in [-0.3, -0.25) is 4.79 Å². The Morgan fingerprint density at radius 3 is 2.38 bits per heavy atom. The van der Waals surface area contributed by atoms with E-state index in [1.807, 2.05) is 0 Å². The molecule has 1 amide bonds. The van der Waals surface area contributed by atoms with Gasteiger partial charge in [-0.25, -0.2) is 8.78 Å². The first-order chi connectivity index (χ1) is 7.45. The highest BCUT2D eigenvalue weighted by Crippen LogP contribution is 2.31. The van der Waals surface area contributed by atoms with Crippen molar-refractivity contribution in [3.05, 3.63) is 29.8 Å². The Balaban J connectivity index is 2.81. The van der Waals surface area contributed by atoms with Crippen LogP contribution in [0.15, 0.2) is 24.3 Å². The molecule has 88 valence electrons. The average molecular weight is 229 g/mol. The van der Waals surface area contributed by atoms with Crippen molar-refractivity contribution < 1.29 is 18.7 Å². The fourth-order valence-electron chi connectivity index (χ4n) is 1.29. The van der Waals surface area contributed by atoms with Crippen molar-refractivity contribution in [1.29, 1.82) is 0 Å².